The number of nitrogen functional groups attached to an aromatic ring is 1. The minimum absolute atomic E-state index is 0.0419. The number of nitrogens with two attached hydrogens (primary N) is 1. The molecule has 2 rings (SSSR count). The monoisotopic (exact) mass is 258 g/mol. The van der Waals surface area contributed by atoms with Crippen LogP contribution in [0.2, 0.25) is 0 Å². The summed E-state index contributed by atoms with van der Waals surface area (Å²) in [6.07, 6.45) is 4.20. The van der Waals surface area contributed by atoms with E-state index in [0.29, 0.717) is 17.8 Å². The van der Waals surface area contributed by atoms with E-state index < -0.39 is 0 Å². The molecule has 19 heavy (non-hydrogen) atoms. The maximum Gasteiger partial charge on any atom is 0.261 e. The first-order valence-corrected chi connectivity index (χ1v) is 6.28. The summed E-state index contributed by atoms with van der Waals surface area (Å²) in [6, 6.07) is 7.32. The minimum atomic E-state index is -0.0419. The van der Waals surface area contributed by atoms with Crippen LogP contribution in [-0.4, -0.2) is 22.2 Å². The van der Waals surface area contributed by atoms with Crippen LogP contribution in [0.25, 0.3) is 0 Å². The molecule has 5 nitrogen and oxygen atoms in total. The summed E-state index contributed by atoms with van der Waals surface area (Å²) in [5.41, 5.74) is 7.81. The summed E-state index contributed by atoms with van der Waals surface area (Å²) in [5.74, 6) is -0.0419. The Morgan fingerprint density at radius 3 is 2.58 bits per heavy atom. The van der Waals surface area contributed by atoms with Gasteiger partial charge in [0.05, 0.1) is 11.8 Å². The van der Waals surface area contributed by atoms with E-state index in [4.69, 9.17) is 5.73 Å². The lowest BCUT2D eigenvalue weighted by atomic mass is 10.2. The first kappa shape index (κ1) is 13.1. The average molecular weight is 258 g/mol. The van der Waals surface area contributed by atoms with E-state index in [2.05, 4.69) is 5.10 Å². The second-order valence-corrected chi connectivity index (χ2v) is 4.45. The van der Waals surface area contributed by atoms with E-state index in [1.165, 1.54) is 0 Å². The number of hydrogen-bond donors (Lipinski definition) is 1. The Kier molecular flexibility index (Phi) is 3.85. The zero-order valence-electron chi connectivity index (χ0n) is 11.2. The van der Waals surface area contributed by atoms with E-state index in [1.807, 2.05) is 19.1 Å². The summed E-state index contributed by atoms with van der Waals surface area (Å²) in [6.45, 7) is 2.71. The SMILES string of the molecule is CCCN(C(=O)c1cnn(C)c1)c1ccc(N)cc1. The molecule has 0 unspecified atom stereocenters. The maximum absolute atomic E-state index is 12.5. The van der Waals surface area contributed by atoms with Gasteiger partial charge >= 0.3 is 0 Å². The topological polar surface area (TPSA) is 64.2 Å². The van der Waals surface area contributed by atoms with Crippen LogP contribution in [0.15, 0.2) is 36.7 Å². The van der Waals surface area contributed by atoms with Gasteiger partial charge in [-0.05, 0) is 30.7 Å². The normalized spacial score (nSPS) is 10.4. The number of anilines is 2. The zero-order valence-corrected chi connectivity index (χ0v) is 11.2. The van der Waals surface area contributed by atoms with E-state index >= 15 is 0 Å². The number of rotatable bonds is 4. The molecular formula is C14H18N4O. The predicted molar refractivity (Wildman–Crippen MR) is 76.0 cm³/mol. The highest BCUT2D eigenvalue weighted by molar-refractivity contribution is 6.05. The highest BCUT2D eigenvalue weighted by Gasteiger charge is 2.18. The molecule has 0 aliphatic heterocycles. The Morgan fingerprint density at radius 1 is 1.37 bits per heavy atom. The van der Waals surface area contributed by atoms with Gasteiger partial charge in [-0.15, -0.1) is 0 Å². The molecule has 0 saturated carbocycles. The Labute approximate surface area is 112 Å². The third-order valence-electron chi connectivity index (χ3n) is 2.85. The third kappa shape index (κ3) is 2.93. The molecule has 0 aliphatic carbocycles. The molecule has 2 N–H and O–H groups in total. The highest BCUT2D eigenvalue weighted by Crippen LogP contribution is 2.19. The molecule has 0 fully saturated rings. The van der Waals surface area contributed by atoms with Gasteiger partial charge in [0, 0.05) is 31.2 Å². The highest BCUT2D eigenvalue weighted by atomic mass is 16.2. The molecule has 1 amide bonds. The van der Waals surface area contributed by atoms with Crippen LogP contribution in [0, 0.1) is 0 Å². The van der Waals surface area contributed by atoms with Gasteiger partial charge in [-0.3, -0.25) is 9.48 Å². The van der Waals surface area contributed by atoms with Crippen molar-refractivity contribution < 1.29 is 4.79 Å². The third-order valence-corrected chi connectivity index (χ3v) is 2.85. The number of hydrogen-bond acceptors (Lipinski definition) is 3. The van der Waals surface area contributed by atoms with Gasteiger partial charge in [0.1, 0.15) is 0 Å². The zero-order chi connectivity index (χ0) is 13.8. The summed E-state index contributed by atoms with van der Waals surface area (Å²) in [7, 11) is 1.80. The standard InChI is InChI=1S/C14H18N4O/c1-3-8-18(13-6-4-12(15)5-7-13)14(19)11-9-16-17(2)10-11/h4-7,9-10H,3,8,15H2,1-2H3. The van der Waals surface area contributed by atoms with Gasteiger partial charge in [-0.1, -0.05) is 6.92 Å². The van der Waals surface area contributed by atoms with Crippen molar-refractivity contribution in [2.24, 2.45) is 7.05 Å². The summed E-state index contributed by atoms with van der Waals surface area (Å²) in [4.78, 5) is 14.2. The molecular weight excluding hydrogens is 240 g/mol. The van der Waals surface area contributed by atoms with Gasteiger partial charge in [0.2, 0.25) is 0 Å². The van der Waals surface area contributed by atoms with Gasteiger partial charge in [-0.2, -0.15) is 5.10 Å². The lowest BCUT2D eigenvalue weighted by Crippen LogP contribution is -2.31. The van der Waals surface area contributed by atoms with Crippen LogP contribution in [0.5, 0.6) is 0 Å². The fourth-order valence-electron chi connectivity index (χ4n) is 1.91. The van der Waals surface area contributed by atoms with Crippen LogP contribution < -0.4 is 10.6 Å². The Balaban J connectivity index is 2.29. The van der Waals surface area contributed by atoms with Crippen LogP contribution in [0.1, 0.15) is 23.7 Å². The van der Waals surface area contributed by atoms with Crippen LogP contribution in [-0.2, 0) is 7.05 Å². The largest absolute Gasteiger partial charge is 0.399 e. The Morgan fingerprint density at radius 2 is 2.05 bits per heavy atom. The Bertz CT molecular complexity index is 559. The quantitative estimate of drug-likeness (QED) is 0.854. The predicted octanol–water partition coefficient (Wildman–Crippen LogP) is 2.06. The average Bonchev–Trinajstić information content (AvgIpc) is 2.83. The van der Waals surface area contributed by atoms with Crippen molar-refractivity contribution in [3.05, 3.63) is 42.2 Å². The summed E-state index contributed by atoms with van der Waals surface area (Å²) in [5, 5.41) is 4.04. The minimum Gasteiger partial charge on any atom is -0.399 e. The molecule has 0 spiro atoms. The van der Waals surface area contributed by atoms with Crippen molar-refractivity contribution in [1.29, 1.82) is 0 Å². The smallest absolute Gasteiger partial charge is 0.261 e. The van der Waals surface area contributed by atoms with Gasteiger partial charge < -0.3 is 10.6 Å². The van der Waals surface area contributed by atoms with Crippen LogP contribution in [0.4, 0.5) is 11.4 Å². The van der Waals surface area contributed by atoms with Crippen molar-refractivity contribution in [3.63, 3.8) is 0 Å². The number of nitrogens with zero attached hydrogens (tertiary/aromatic N) is 3. The number of carbonyl (C=O) groups excluding carboxylic acids is 1. The molecule has 100 valence electrons. The van der Waals surface area contributed by atoms with Gasteiger partial charge in [-0.25, -0.2) is 0 Å². The van der Waals surface area contributed by atoms with Crippen molar-refractivity contribution in [1.82, 2.24) is 9.78 Å². The first-order chi connectivity index (χ1) is 9.11. The van der Waals surface area contributed by atoms with Gasteiger partial charge in [0.15, 0.2) is 0 Å². The molecule has 0 atom stereocenters. The number of carbonyl (C=O) groups is 1. The number of benzene rings is 1. The van der Waals surface area contributed by atoms with E-state index in [9.17, 15) is 4.79 Å². The van der Waals surface area contributed by atoms with E-state index in [0.717, 1.165) is 12.1 Å². The lowest BCUT2D eigenvalue weighted by molar-refractivity contribution is 0.0987. The fourth-order valence-corrected chi connectivity index (χ4v) is 1.91. The number of aromatic nitrogens is 2. The van der Waals surface area contributed by atoms with Crippen molar-refractivity contribution >= 4 is 17.3 Å². The Hall–Kier alpha value is -2.30. The number of aryl methyl sites for hydroxylation is 1. The molecule has 1 aromatic carbocycles. The summed E-state index contributed by atoms with van der Waals surface area (Å²) >= 11 is 0. The van der Waals surface area contributed by atoms with E-state index in [1.54, 1.807) is 41.2 Å². The van der Waals surface area contributed by atoms with Crippen LogP contribution in [0.3, 0.4) is 0 Å². The maximum atomic E-state index is 12.5. The van der Waals surface area contributed by atoms with Gasteiger partial charge in [0.25, 0.3) is 5.91 Å². The first-order valence-electron chi connectivity index (χ1n) is 6.28. The fraction of sp³-hybridized carbons (Fsp3) is 0.286. The van der Waals surface area contributed by atoms with Crippen LogP contribution >= 0.6 is 0 Å². The number of amides is 1. The van der Waals surface area contributed by atoms with Crippen molar-refractivity contribution in [2.45, 2.75) is 13.3 Å². The summed E-state index contributed by atoms with van der Waals surface area (Å²) < 4.78 is 1.63. The van der Waals surface area contributed by atoms with Crippen molar-refractivity contribution in [3.8, 4) is 0 Å². The molecule has 0 saturated heterocycles. The molecule has 1 aromatic heterocycles. The lowest BCUT2D eigenvalue weighted by Gasteiger charge is -2.21. The van der Waals surface area contributed by atoms with Crippen molar-refractivity contribution in [2.75, 3.05) is 17.2 Å². The molecule has 2 aromatic rings. The molecule has 0 radical (unpaired) electrons. The molecule has 1 heterocycles. The second kappa shape index (κ2) is 5.56. The second-order valence-electron chi connectivity index (χ2n) is 4.45. The molecule has 0 bridgehead atoms. The molecule has 0 aliphatic rings. The van der Waals surface area contributed by atoms with E-state index in [-0.39, 0.29) is 5.91 Å². The molecule has 5 heteroatoms.